The van der Waals surface area contributed by atoms with Gasteiger partial charge in [0.1, 0.15) is 11.5 Å². The molecule has 1 fully saturated rings. The molecule has 32 heavy (non-hydrogen) atoms. The third-order valence-electron chi connectivity index (χ3n) is 6.44. The molecule has 6 nitrogen and oxygen atoms in total. The predicted octanol–water partition coefficient (Wildman–Crippen LogP) is 5.37. The molecule has 0 amide bonds. The Morgan fingerprint density at radius 2 is 1.91 bits per heavy atom. The summed E-state index contributed by atoms with van der Waals surface area (Å²) in [6.07, 6.45) is 4.24. The van der Waals surface area contributed by atoms with Crippen LogP contribution in [0.25, 0.3) is 16.7 Å². The lowest BCUT2D eigenvalue weighted by Gasteiger charge is -2.29. The van der Waals surface area contributed by atoms with Gasteiger partial charge in [0.15, 0.2) is 0 Å². The number of benzene rings is 2. The average molecular weight is 426 g/mol. The average Bonchev–Trinajstić information content (AvgIpc) is 3.47. The van der Waals surface area contributed by atoms with E-state index in [-0.39, 0.29) is 11.5 Å². The van der Waals surface area contributed by atoms with Gasteiger partial charge in [-0.15, -0.1) is 4.80 Å². The second-order valence-corrected chi connectivity index (χ2v) is 9.81. The minimum Gasteiger partial charge on any atom is -0.355 e. The number of hydrogen-bond acceptors (Lipinski definition) is 4. The number of aromatic nitrogens is 5. The third kappa shape index (κ3) is 3.40. The number of fused-ring (bicyclic) bond motifs is 1. The number of hydrogen-bond donors (Lipinski definition) is 1. The number of rotatable bonds is 3. The fourth-order valence-corrected chi connectivity index (χ4v) is 4.48. The van der Waals surface area contributed by atoms with Gasteiger partial charge in [0.2, 0.25) is 0 Å². The van der Waals surface area contributed by atoms with Crippen molar-refractivity contribution in [2.24, 2.45) is 0 Å². The third-order valence-corrected chi connectivity index (χ3v) is 6.44. The highest BCUT2D eigenvalue weighted by Crippen LogP contribution is 2.42. The lowest BCUT2D eigenvalue weighted by molar-refractivity contribution is 0.591. The standard InChI is InChI=1S/C26H29N6/c1-16-13-23(25-29-20-9-8-19(26(4,5)6)14-21(20)30-25)31(15-16)24-18(3)17(2)7-10-22(24)32-27-11-12-28-32/h7-9,11-12,14,23H,1,13,15H2,2-6H3,(H,29,30)/t23-/m0/s1. The van der Waals surface area contributed by atoms with Crippen molar-refractivity contribution in [1.82, 2.24) is 25.0 Å². The van der Waals surface area contributed by atoms with Crippen LogP contribution in [0.3, 0.4) is 0 Å². The van der Waals surface area contributed by atoms with E-state index in [9.17, 15) is 0 Å². The van der Waals surface area contributed by atoms with Gasteiger partial charge in [-0.2, -0.15) is 10.2 Å². The molecule has 0 bridgehead atoms. The summed E-state index contributed by atoms with van der Waals surface area (Å²) in [6.45, 7) is 16.0. The molecule has 1 aliphatic rings. The Balaban J connectivity index is 1.63. The Kier molecular flexibility index (Phi) is 4.69. The zero-order valence-corrected chi connectivity index (χ0v) is 19.4. The first kappa shape index (κ1) is 20.5. The van der Waals surface area contributed by atoms with Crippen molar-refractivity contribution in [2.45, 2.75) is 52.5 Å². The Morgan fingerprint density at radius 1 is 1.16 bits per heavy atom. The minimum absolute atomic E-state index is 0.0659. The predicted molar refractivity (Wildman–Crippen MR) is 128 cm³/mol. The second kappa shape index (κ2) is 7.33. The first-order chi connectivity index (χ1) is 15.2. The van der Waals surface area contributed by atoms with Crippen LogP contribution in [-0.2, 0) is 5.41 Å². The van der Waals surface area contributed by atoms with Crippen molar-refractivity contribution in [1.29, 1.82) is 0 Å². The zero-order chi connectivity index (χ0) is 22.6. The van der Waals surface area contributed by atoms with E-state index in [0.29, 0.717) is 0 Å². The maximum absolute atomic E-state index is 5.04. The highest BCUT2D eigenvalue weighted by atomic mass is 15.5. The van der Waals surface area contributed by atoms with Crippen molar-refractivity contribution in [3.8, 4) is 5.69 Å². The Labute approximate surface area is 189 Å². The molecular formula is C26H29N6. The van der Waals surface area contributed by atoms with Gasteiger partial charge in [0.05, 0.1) is 35.2 Å². The molecule has 0 aliphatic carbocycles. The van der Waals surface area contributed by atoms with Crippen LogP contribution in [0.1, 0.15) is 55.7 Å². The number of nitrogens with one attached hydrogen (secondary N) is 1. The highest BCUT2D eigenvalue weighted by Gasteiger charge is 2.34. The molecule has 0 spiro atoms. The van der Waals surface area contributed by atoms with Gasteiger partial charge in [-0.3, -0.25) is 0 Å². The van der Waals surface area contributed by atoms with Crippen LogP contribution in [0.4, 0.5) is 5.69 Å². The van der Waals surface area contributed by atoms with E-state index in [4.69, 9.17) is 4.98 Å². The molecular weight excluding hydrogens is 396 g/mol. The number of anilines is 1. The molecule has 1 radical (unpaired) electrons. The van der Waals surface area contributed by atoms with Crippen molar-refractivity contribution >= 4 is 16.7 Å². The Morgan fingerprint density at radius 3 is 2.62 bits per heavy atom. The zero-order valence-electron chi connectivity index (χ0n) is 19.4. The molecule has 6 heteroatoms. The van der Waals surface area contributed by atoms with E-state index in [1.165, 1.54) is 22.3 Å². The van der Waals surface area contributed by atoms with Gasteiger partial charge in [0, 0.05) is 12.6 Å². The number of aromatic amines is 1. The maximum Gasteiger partial charge on any atom is 0.130 e. The molecule has 2 aromatic carbocycles. The van der Waals surface area contributed by atoms with Crippen LogP contribution in [0.15, 0.2) is 48.8 Å². The van der Waals surface area contributed by atoms with E-state index >= 15 is 0 Å². The number of imidazole rings is 1. The smallest absolute Gasteiger partial charge is 0.130 e. The fraction of sp³-hybridized carbons (Fsp3) is 0.346. The van der Waals surface area contributed by atoms with Crippen molar-refractivity contribution in [3.63, 3.8) is 0 Å². The molecule has 1 N–H and O–H groups in total. The van der Waals surface area contributed by atoms with E-state index in [1.807, 2.05) is 6.07 Å². The van der Waals surface area contributed by atoms with Crippen LogP contribution in [-0.4, -0.2) is 31.5 Å². The van der Waals surface area contributed by atoms with E-state index in [0.717, 1.165) is 41.2 Å². The van der Waals surface area contributed by atoms with E-state index in [2.05, 4.69) is 85.5 Å². The molecule has 3 heterocycles. The number of H-pyrrole nitrogens is 1. The molecule has 0 saturated carbocycles. The van der Waals surface area contributed by atoms with Crippen LogP contribution in [0, 0.1) is 19.9 Å². The molecule has 163 valence electrons. The van der Waals surface area contributed by atoms with Gasteiger partial charge in [0.25, 0.3) is 0 Å². The SMILES string of the molecule is C=C1C[C@@H](c2nc3cc(C(C)(C)C)ccc3[nH]2)N(c2c(-n3nccn3)[c]cc(C)c2C)C1. The van der Waals surface area contributed by atoms with Crippen LogP contribution >= 0.6 is 0 Å². The summed E-state index contributed by atoms with van der Waals surface area (Å²) in [4.78, 5) is 12.6. The number of nitrogens with zero attached hydrogens (tertiary/aromatic N) is 5. The Bertz CT molecular complexity index is 1310. The summed E-state index contributed by atoms with van der Waals surface area (Å²) in [7, 11) is 0. The molecule has 1 saturated heterocycles. The minimum atomic E-state index is 0.0659. The van der Waals surface area contributed by atoms with Gasteiger partial charge in [-0.1, -0.05) is 39.0 Å². The van der Waals surface area contributed by atoms with Crippen molar-refractivity contribution in [3.05, 3.63) is 77.4 Å². The molecule has 5 rings (SSSR count). The van der Waals surface area contributed by atoms with Gasteiger partial charge in [-0.05, 0) is 60.6 Å². The van der Waals surface area contributed by atoms with Gasteiger partial charge in [-0.25, -0.2) is 4.98 Å². The molecule has 1 atom stereocenters. The topological polar surface area (TPSA) is 62.6 Å². The largest absolute Gasteiger partial charge is 0.355 e. The summed E-state index contributed by atoms with van der Waals surface area (Å²) in [5, 5.41) is 8.75. The monoisotopic (exact) mass is 425 g/mol. The molecule has 0 unspecified atom stereocenters. The summed E-state index contributed by atoms with van der Waals surface area (Å²) in [6, 6.07) is 12.0. The summed E-state index contributed by atoms with van der Waals surface area (Å²) in [5.41, 5.74) is 8.94. The van der Waals surface area contributed by atoms with Gasteiger partial charge < -0.3 is 9.88 Å². The quantitative estimate of drug-likeness (QED) is 0.449. The van der Waals surface area contributed by atoms with E-state index < -0.39 is 0 Å². The Hall–Kier alpha value is -3.41. The summed E-state index contributed by atoms with van der Waals surface area (Å²) < 4.78 is 0. The van der Waals surface area contributed by atoms with Crippen molar-refractivity contribution in [2.75, 3.05) is 11.4 Å². The van der Waals surface area contributed by atoms with Crippen LogP contribution in [0.5, 0.6) is 0 Å². The lowest BCUT2D eigenvalue weighted by Crippen LogP contribution is -2.26. The van der Waals surface area contributed by atoms with Crippen LogP contribution in [0.2, 0.25) is 0 Å². The summed E-state index contributed by atoms with van der Waals surface area (Å²) >= 11 is 0. The molecule has 2 aromatic heterocycles. The maximum atomic E-state index is 5.04. The molecule has 1 aliphatic heterocycles. The second-order valence-electron chi connectivity index (χ2n) is 9.81. The fourth-order valence-electron chi connectivity index (χ4n) is 4.48. The number of aryl methyl sites for hydroxylation is 1. The molecule has 4 aromatic rings. The van der Waals surface area contributed by atoms with Crippen molar-refractivity contribution < 1.29 is 0 Å². The highest BCUT2D eigenvalue weighted by molar-refractivity contribution is 5.77. The first-order valence-corrected chi connectivity index (χ1v) is 11.0. The van der Waals surface area contributed by atoms with E-state index in [1.54, 1.807) is 17.2 Å². The summed E-state index contributed by atoms with van der Waals surface area (Å²) in [5.74, 6) is 0.963. The van der Waals surface area contributed by atoms with Crippen LogP contribution < -0.4 is 4.90 Å². The normalized spacial score (nSPS) is 17.0. The van der Waals surface area contributed by atoms with Gasteiger partial charge >= 0.3 is 0 Å². The lowest BCUT2D eigenvalue weighted by atomic mass is 9.87. The first-order valence-electron chi connectivity index (χ1n) is 11.0.